The van der Waals surface area contributed by atoms with Gasteiger partial charge in [0, 0.05) is 37.5 Å². The molecule has 0 radical (unpaired) electrons. The van der Waals surface area contributed by atoms with Gasteiger partial charge in [-0.15, -0.1) is 11.3 Å². The topological polar surface area (TPSA) is 48.3 Å². The van der Waals surface area contributed by atoms with Crippen LogP contribution in [0.1, 0.15) is 37.6 Å². The summed E-state index contributed by atoms with van der Waals surface area (Å²) in [7, 11) is 0. The molecular weight excluding hydrogens is 294 g/mol. The lowest BCUT2D eigenvalue weighted by Gasteiger charge is -2.35. The Morgan fingerprint density at radius 2 is 2.23 bits per heavy atom. The first kappa shape index (κ1) is 17.4. The number of nitriles is 1. The molecular formula is C17H27N3OS. The number of thiophene rings is 1. The number of hydrogen-bond acceptors (Lipinski definition) is 5. The second-order valence-electron chi connectivity index (χ2n) is 6.63. The Kier molecular flexibility index (Phi) is 6.84. The normalized spacial score (nSPS) is 18.0. The summed E-state index contributed by atoms with van der Waals surface area (Å²) < 4.78 is 5.48. The van der Waals surface area contributed by atoms with Gasteiger partial charge < -0.3 is 10.1 Å². The minimum Gasteiger partial charge on any atom is -0.379 e. The SMILES string of the molecule is CC(C)(CCC#N)CNC[C@H](c1cccs1)N1CCOCC1. The van der Waals surface area contributed by atoms with Crippen LogP contribution < -0.4 is 5.32 Å². The number of nitrogens with zero attached hydrogens (tertiary/aromatic N) is 2. The summed E-state index contributed by atoms with van der Waals surface area (Å²) in [6.45, 7) is 10.0. The molecule has 1 N–H and O–H groups in total. The third-order valence-corrected chi connectivity index (χ3v) is 5.19. The maximum atomic E-state index is 8.75. The molecule has 5 heteroatoms. The zero-order valence-electron chi connectivity index (χ0n) is 13.7. The van der Waals surface area contributed by atoms with Crippen molar-refractivity contribution in [1.82, 2.24) is 10.2 Å². The number of hydrogen-bond donors (Lipinski definition) is 1. The van der Waals surface area contributed by atoms with Crippen LogP contribution in [0, 0.1) is 16.7 Å². The highest BCUT2D eigenvalue weighted by molar-refractivity contribution is 7.10. The van der Waals surface area contributed by atoms with E-state index in [1.807, 2.05) is 11.3 Å². The maximum Gasteiger partial charge on any atom is 0.0621 e. The average molecular weight is 321 g/mol. The first-order valence-corrected chi connectivity index (χ1v) is 8.93. The average Bonchev–Trinajstić information content (AvgIpc) is 3.04. The molecule has 1 saturated heterocycles. The first-order valence-electron chi connectivity index (χ1n) is 8.05. The summed E-state index contributed by atoms with van der Waals surface area (Å²) in [5, 5.41) is 14.5. The smallest absolute Gasteiger partial charge is 0.0621 e. The standard InChI is InChI=1S/C17H27N3OS/c1-17(2,6-4-7-18)14-19-13-15(16-5-3-12-22-16)20-8-10-21-11-9-20/h3,5,12,15,19H,4,6,8-11,13-14H2,1-2H3/t15-/m1/s1. The van der Waals surface area contributed by atoms with E-state index in [-0.39, 0.29) is 5.41 Å². The molecule has 22 heavy (non-hydrogen) atoms. The van der Waals surface area contributed by atoms with Crippen molar-refractivity contribution >= 4 is 11.3 Å². The number of rotatable bonds is 8. The van der Waals surface area contributed by atoms with Crippen molar-refractivity contribution in [3.63, 3.8) is 0 Å². The first-order chi connectivity index (χ1) is 10.6. The Morgan fingerprint density at radius 1 is 1.45 bits per heavy atom. The minimum absolute atomic E-state index is 0.167. The molecule has 0 aliphatic carbocycles. The molecule has 0 aromatic carbocycles. The summed E-state index contributed by atoms with van der Waals surface area (Å²) in [6, 6.07) is 7.03. The van der Waals surface area contributed by atoms with E-state index in [4.69, 9.17) is 10.00 Å². The third kappa shape index (κ3) is 5.36. The lowest BCUT2D eigenvalue weighted by atomic mass is 9.88. The van der Waals surface area contributed by atoms with Crippen LogP contribution >= 0.6 is 11.3 Å². The molecule has 0 bridgehead atoms. The van der Waals surface area contributed by atoms with Gasteiger partial charge in [0.2, 0.25) is 0 Å². The van der Waals surface area contributed by atoms with Crippen molar-refractivity contribution in [3.8, 4) is 6.07 Å². The van der Waals surface area contributed by atoms with Crippen LogP contribution in [0.25, 0.3) is 0 Å². The fourth-order valence-corrected chi connectivity index (χ4v) is 3.67. The molecule has 0 amide bonds. The molecule has 122 valence electrons. The van der Waals surface area contributed by atoms with Crippen LogP contribution in [0.4, 0.5) is 0 Å². The van der Waals surface area contributed by atoms with Crippen molar-refractivity contribution < 1.29 is 4.74 Å². The molecule has 1 aliphatic heterocycles. The molecule has 1 atom stereocenters. The largest absolute Gasteiger partial charge is 0.379 e. The van der Waals surface area contributed by atoms with Gasteiger partial charge in [-0.2, -0.15) is 5.26 Å². The molecule has 1 aromatic heterocycles. The van der Waals surface area contributed by atoms with Crippen molar-refractivity contribution in [2.24, 2.45) is 5.41 Å². The number of morpholine rings is 1. The van der Waals surface area contributed by atoms with Gasteiger partial charge in [0.25, 0.3) is 0 Å². The van der Waals surface area contributed by atoms with E-state index in [1.165, 1.54) is 4.88 Å². The lowest BCUT2D eigenvalue weighted by Crippen LogP contribution is -2.43. The highest BCUT2D eigenvalue weighted by atomic mass is 32.1. The van der Waals surface area contributed by atoms with E-state index >= 15 is 0 Å². The summed E-state index contributed by atoms with van der Waals surface area (Å²) >= 11 is 1.83. The molecule has 1 fully saturated rings. The van der Waals surface area contributed by atoms with Crippen LogP contribution in [0.3, 0.4) is 0 Å². The van der Waals surface area contributed by atoms with Gasteiger partial charge in [0.1, 0.15) is 0 Å². The molecule has 0 saturated carbocycles. The molecule has 2 heterocycles. The molecule has 0 spiro atoms. The Bertz CT molecular complexity index is 461. The summed E-state index contributed by atoms with van der Waals surface area (Å²) in [6.07, 6.45) is 1.57. The monoisotopic (exact) mass is 321 g/mol. The van der Waals surface area contributed by atoms with Gasteiger partial charge in [-0.25, -0.2) is 0 Å². The number of ether oxygens (including phenoxy) is 1. The Hall–Kier alpha value is -0.930. The predicted molar refractivity (Wildman–Crippen MR) is 90.9 cm³/mol. The second kappa shape index (κ2) is 8.64. The van der Waals surface area contributed by atoms with Crippen molar-refractivity contribution in [2.45, 2.75) is 32.7 Å². The zero-order valence-corrected chi connectivity index (χ0v) is 14.5. The fraction of sp³-hybridized carbons (Fsp3) is 0.706. The molecule has 1 aromatic rings. The molecule has 0 unspecified atom stereocenters. The van der Waals surface area contributed by atoms with Crippen molar-refractivity contribution in [3.05, 3.63) is 22.4 Å². The highest BCUT2D eigenvalue weighted by Crippen LogP contribution is 2.26. The van der Waals surface area contributed by atoms with Gasteiger partial charge in [-0.1, -0.05) is 19.9 Å². The van der Waals surface area contributed by atoms with Crippen LogP contribution in [-0.2, 0) is 4.74 Å². The maximum absolute atomic E-state index is 8.75. The van der Waals surface area contributed by atoms with E-state index in [0.717, 1.165) is 45.8 Å². The van der Waals surface area contributed by atoms with Gasteiger partial charge in [0.15, 0.2) is 0 Å². The molecule has 4 nitrogen and oxygen atoms in total. The van der Waals surface area contributed by atoms with Gasteiger partial charge in [-0.05, 0) is 23.3 Å². The van der Waals surface area contributed by atoms with Crippen LogP contribution in [0.2, 0.25) is 0 Å². The summed E-state index contributed by atoms with van der Waals surface area (Å²) in [5.74, 6) is 0. The summed E-state index contributed by atoms with van der Waals surface area (Å²) in [5.41, 5.74) is 0.167. The molecule has 2 rings (SSSR count). The minimum atomic E-state index is 0.167. The van der Waals surface area contributed by atoms with Gasteiger partial charge in [-0.3, -0.25) is 4.90 Å². The van der Waals surface area contributed by atoms with Crippen molar-refractivity contribution in [2.75, 3.05) is 39.4 Å². The Morgan fingerprint density at radius 3 is 2.86 bits per heavy atom. The van der Waals surface area contributed by atoms with Crippen LogP contribution in [0.5, 0.6) is 0 Å². The number of nitrogens with one attached hydrogen (secondary N) is 1. The quantitative estimate of drug-likeness (QED) is 0.799. The Balaban J connectivity index is 1.89. The van der Waals surface area contributed by atoms with Gasteiger partial charge >= 0.3 is 0 Å². The summed E-state index contributed by atoms with van der Waals surface area (Å²) in [4.78, 5) is 3.94. The van der Waals surface area contributed by atoms with Crippen LogP contribution in [0.15, 0.2) is 17.5 Å². The Labute approximate surface area is 138 Å². The van der Waals surface area contributed by atoms with Gasteiger partial charge in [0.05, 0.1) is 25.3 Å². The fourth-order valence-electron chi connectivity index (χ4n) is 2.81. The van der Waals surface area contributed by atoms with E-state index in [9.17, 15) is 0 Å². The van der Waals surface area contributed by atoms with E-state index in [1.54, 1.807) is 0 Å². The van der Waals surface area contributed by atoms with Crippen molar-refractivity contribution in [1.29, 1.82) is 5.26 Å². The van der Waals surface area contributed by atoms with E-state index < -0.39 is 0 Å². The molecule has 1 aliphatic rings. The zero-order chi connectivity index (χ0) is 15.8. The van der Waals surface area contributed by atoms with E-state index in [0.29, 0.717) is 12.5 Å². The third-order valence-electron chi connectivity index (χ3n) is 4.21. The van der Waals surface area contributed by atoms with E-state index in [2.05, 4.69) is 47.6 Å². The van der Waals surface area contributed by atoms with Crippen LogP contribution in [-0.4, -0.2) is 44.3 Å². The second-order valence-corrected chi connectivity index (χ2v) is 7.61. The lowest BCUT2D eigenvalue weighted by molar-refractivity contribution is 0.0164. The highest BCUT2D eigenvalue weighted by Gasteiger charge is 2.24. The predicted octanol–water partition coefficient (Wildman–Crippen LogP) is 3.04.